The van der Waals surface area contributed by atoms with Gasteiger partial charge in [-0.2, -0.15) is 0 Å². The van der Waals surface area contributed by atoms with Crippen molar-refractivity contribution < 1.29 is 19.1 Å². The number of ether oxygens (including phenoxy) is 1. The molecular weight excluding hydrogens is 388 g/mol. The minimum atomic E-state index is -0.953. The lowest BCUT2D eigenvalue weighted by Gasteiger charge is -2.59. The zero-order valence-electron chi connectivity index (χ0n) is 19.9. The number of unbranched alkanes of at least 4 members (excludes halogenated alkanes) is 2. The SMILES string of the molecule is CCCCCC(=O)O[C@@]1(C(C)=O)CCC2C3CCC4=CC(=O)CC[C@@]4(C)C3CC[C@]21C. The molecule has 0 spiro atoms. The smallest absolute Gasteiger partial charge is 0.306 e. The maximum absolute atomic E-state index is 13.1. The number of carbonyl (C=O) groups excluding carboxylic acids is 3. The maximum Gasteiger partial charge on any atom is 0.306 e. The van der Waals surface area contributed by atoms with Crippen LogP contribution in [-0.2, 0) is 19.1 Å². The number of hydrogen-bond acceptors (Lipinski definition) is 4. The number of Topliss-reactive ketones (excluding diaryl/α,β-unsaturated/α-hetero) is 1. The van der Waals surface area contributed by atoms with Gasteiger partial charge in [-0.05, 0) is 87.5 Å². The van der Waals surface area contributed by atoms with E-state index in [9.17, 15) is 14.4 Å². The number of carbonyl (C=O) groups is 3. The van der Waals surface area contributed by atoms with E-state index in [-0.39, 0.29) is 28.4 Å². The minimum absolute atomic E-state index is 0.0330. The molecule has 4 aliphatic rings. The molecule has 0 bridgehead atoms. The Bertz CT molecular complexity index is 797. The highest BCUT2D eigenvalue weighted by atomic mass is 16.6. The molecule has 0 saturated heterocycles. The Hall–Kier alpha value is -1.45. The molecule has 31 heavy (non-hydrogen) atoms. The van der Waals surface area contributed by atoms with Crippen LogP contribution in [0.15, 0.2) is 11.6 Å². The fraction of sp³-hybridized carbons (Fsp3) is 0.815. The Labute approximate surface area is 187 Å². The van der Waals surface area contributed by atoms with E-state index in [1.54, 1.807) is 6.92 Å². The fourth-order valence-electron chi connectivity index (χ4n) is 8.14. The van der Waals surface area contributed by atoms with Gasteiger partial charge < -0.3 is 4.74 Å². The molecule has 4 aliphatic carbocycles. The molecule has 3 fully saturated rings. The molecule has 4 rings (SSSR count). The lowest BCUT2D eigenvalue weighted by atomic mass is 9.46. The van der Waals surface area contributed by atoms with Crippen molar-refractivity contribution in [1.82, 2.24) is 0 Å². The van der Waals surface area contributed by atoms with Crippen LogP contribution in [0.1, 0.15) is 105 Å². The van der Waals surface area contributed by atoms with Crippen LogP contribution in [0.4, 0.5) is 0 Å². The van der Waals surface area contributed by atoms with E-state index in [2.05, 4.69) is 20.8 Å². The van der Waals surface area contributed by atoms with E-state index in [0.29, 0.717) is 37.0 Å². The molecule has 0 radical (unpaired) electrons. The van der Waals surface area contributed by atoms with E-state index in [0.717, 1.165) is 57.8 Å². The summed E-state index contributed by atoms with van der Waals surface area (Å²) in [4.78, 5) is 37.8. The van der Waals surface area contributed by atoms with Gasteiger partial charge in [-0.15, -0.1) is 0 Å². The van der Waals surface area contributed by atoms with Crippen molar-refractivity contribution in [1.29, 1.82) is 0 Å². The molecule has 4 heteroatoms. The topological polar surface area (TPSA) is 60.4 Å². The summed E-state index contributed by atoms with van der Waals surface area (Å²) in [5.74, 6) is 1.66. The van der Waals surface area contributed by atoms with Crippen molar-refractivity contribution >= 4 is 17.5 Å². The van der Waals surface area contributed by atoms with Crippen molar-refractivity contribution in [2.75, 3.05) is 0 Å². The largest absolute Gasteiger partial charge is 0.450 e. The standard InChI is InChI=1S/C27H40O4/c1-5-6-7-8-24(30)31-27(18(2)28)16-13-23-21-10-9-19-17-20(29)11-14-25(19,3)22(21)12-15-26(23,27)4/h17,21-23H,5-16H2,1-4H3/t21?,22?,23?,25-,26-,27-/m1/s1. The van der Waals surface area contributed by atoms with Crippen LogP contribution in [0.5, 0.6) is 0 Å². The van der Waals surface area contributed by atoms with Gasteiger partial charge in [0.05, 0.1) is 0 Å². The van der Waals surface area contributed by atoms with Crippen molar-refractivity contribution in [3.63, 3.8) is 0 Å². The molecule has 6 atom stereocenters. The molecule has 3 unspecified atom stereocenters. The highest BCUT2D eigenvalue weighted by molar-refractivity contribution is 5.91. The first-order valence-electron chi connectivity index (χ1n) is 12.6. The highest BCUT2D eigenvalue weighted by Gasteiger charge is 2.67. The van der Waals surface area contributed by atoms with Crippen LogP contribution in [0, 0.1) is 28.6 Å². The second-order valence-corrected chi connectivity index (χ2v) is 11.3. The third-order valence-electron chi connectivity index (χ3n) is 9.92. The van der Waals surface area contributed by atoms with Gasteiger partial charge in [0, 0.05) is 18.3 Å². The average Bonchev–Trinajstić information content (AvgIpc) is 3.02. The van der Waals surface area contributed by atoms with Gasteiger partial charge in [-0.3, -0.25) is 14.4 Å². The summed E-state index contributed by atoms with van der Waals surface area (Å²) >= 11 is 0. The summed E-state index contributed by atoms with van der Waals surface area (Å²) in [7, 11) is 0. The molecule has 0 amide bonds. The molecule has 4 nitrogen and oxygen atoms in total. The van der Waals surface area contributed by atoms with Gasteiger partial charge in [0.25, 0.3) is 0 Å². The van der Waals surface area contributed by atoms with Gasteiger partial charge in [0.15, 0.2) is 17.2 Å². The fourth-order valence-corrected chi connectivity index (χ4v) is 8.14. The van der Waals surface area contributed by atoms with Gasteiger partial charge in [-0.25, -0.2) is 0 Å². The predicted octanol–water partition coefficient (Wildman–Crippen LogP) is 5.97. The van der Waals surface area contributed by atoms with Crippen LogP contribution in [0.2, 0.25) is 0 Å². The third-order valence-corrected chi connectivity index (χ3v) is 9.92. The summed E-state index contributed by atoms with van der Waals surface area (Å²) in [6.45, 7) is 8.37. The van der Waals surface area contributed by atoms with Crippen LogP contribution < -0.4 is 0 Å². The zero-order chi connectivity index (χ0) is 22.4. The van der Waals surface area contributed by atoms with Crippen molar-refractivity contribution in [3.05, 3.63) is 11.6 Å². The van der Waals surface area contributed by atoms with Gasteiger partial charge in [0.2, 0.25) is 0 Å². The van der Waals surface area contributed by atoms with Gasteiger partial charge in [0.1, 0.15) is 0 Å². The van der Waals surface area contributed by atoms with Crippen molar-refractivity contribution in [2.24, 2.45) is 28.6 Å². The Morgan fingerprint density at radius 1 is 1.03 bits per heavy atom. The Morgan fingerprint density at radius 3 is 2.48 bits per heavy atom. The zero-order valence-corrected chi connectivity index (χ0v) is 19.9. The van der Waals surface area contributed by atoms with Crippen molar-refractivity contribution in [3.8, 4) is 0 Å². The Kier molecular flexibility index (Phi) is 5.98. The molecule has 0 aromatic rings. The number of fused-ring (bicyclic) bond motifs is 5. The molecular formula is C27H40O4. The molecule has 0 aromatic heterocycles. The first-order chi connectivity index (χ1) is 14.7. The van der Waals surface area contributed by atoms with Crippen LogP contribution in [-0.4, -0.2) is 23.1 Å². The second kappa shape index (κ2) is 8.15. The molecule has 0 heterocycles. The highest BCUT2D eigenvalue weighted by Crippen LogP contribution is 2.68. The van der Waals surface area contributed by atoms with Crippen molar-refractivity contribution in [2.45, 2.75) is 110 Å². The minimum Gasteiger partial charge on any atom is -0.450 e. The first-order valence-corrected chi connectivity index (χ1v) is 12.6. The van der Waals surface area contributed by atoms with Crippen LogP contribution in [0.25, 0.3) is 0 Å². The van der Waals surface area contributed by atoms with Gasteiger partial charge in [-0.1, -0.05) is 39.2 Å². The Morgan fingerprint density at radius 2 is 1.77 bits per heavy atom. The van der Waals surface area contributed by atoms with E-state index < -0.39 is 5.60 Å². The third kappa shape index (κ3) is 3.43. The number of hydrogen-bond donors (Lipinski definition) is 0. The normalized spacial score (nSPS) is 41.6. The number of esters is 1. The lowest BCUT2D eigenvalue weighted by Crippen LogP contribution is -2.58. The summed E-state index contributed by atoms with van der Waals surface area (Å²) in [6, 6.07) is 0. The van der Waals surface area contributed by atoms with E-state index >= 15 is 0 Å². The van der Waals surface area contributed by atoms with Crippen LogP contribution in [0.3, 0.4) is 0 Å². The lowest BCUT2D eigenvalue weighted by molar-refractivity contribution is -0.189. The molecule has 0 aromatic carbocycles. The summed E-state index contributed by atoms with van der Waals surface area (Å²) in [6.07, 6.45) is 12.6. The monoisotopic (exact) mass is 428 g/mol. The van der Waals surface area contributed by atoms with E-state index in [1.807, 2.05) is 6.08 Å². The number of rotatable bonds is 6. The maximum atomic E-state index is 13.1. The van der Waals surface area contributed by atoms with Crippen LogP contribution >= 0.6 is 0 Å². The first kappa shape index (κ1) is 22.7. The van der Waals surface area contributed by atoms with Gasteiger partial charge >= 0.3 is 5.97 Å². The number of allylic oxidation sites excluding steroid dienone is 1. The summed E-state index contributed by atoms with van der Waals surface area (Å²) in [5.41, 5.74) is 0.261. The molecule has 0 N–H and O–H groups in total. The molecule has 0 aliphatic heterocycles. The van der Waals surface area contributed by atoms with E-state index in [4.69, 9.17) is 4.74 Å². The Balaban J connectivity index is 1.59. The number of ketones is 2. The average molecular weight is 429 g/mol. The second-order valence-electron chi connectivity index (χ2n) is 11.3. The van der Waals surface area contributed by atoms with E-state index in [1.165, 1.54) is 5.57 Å². The predicted molar refractivity (Wildman–Crippen MR) is 120 cm³/mol. The molecule has 3 saturated carbocycles. The molecule has 172 valence electrons. The quantitative estimate of drug-likeness (QED) is 0.386. The summed E-state index contributed by atoms with van der Waals surface area (Å²) < 4.78 is 6.16. The summed E-state index contributed by atoms with van der Waals surface area (Å²) in [5, 5.41) is 0.